The minimum absolute atomic E-state index is 0.862. The van der Waals surface area contributed by atoms with Crippen LogP contribution in [0.15, 0.2) is 235 Å². The molecule has 0 saturated carbocycles. The lowest BCUT2D eigenvalue weighted by molar-refractivity contribution is 0.669. The van der Waals surface area contributed by atoms with Crippen molar-refractivity contribution in [3.63, 3.8) is 0 Å². The summed E-state index contributed by atoms with van der Waals surface area (Å²) in [6.07, 6.45) is 0. The Morgan fingerprint density at radius 2 is 0.921 bits per heavy atom. The summed E-state index contributed by atoms with van der Waals surface area (Å²) in [7, 11) is 0. The van der Waals surface area contributed by atoms with Gasteiger partial charge in [-0.2, -0.15) is 0 Å². The quantitative estimate of drug-likeness (QED) is 0.156. The lowest BCUT2D eigenvalue weighted by Crippen LogP contribution is -2.11. The van der Waals surface area contributed by atoms with Crippen LogP contribution in [0.25, 0.3) is 104 Å². The fourth-order valence-corrected chi connectivity index (χ4v) is 10.1. The standard InChI is InChI=1S/C60H38N2O/c1-2-16-39(17-3-1)46-21-10-13-27-54(46)62-55-28-14-11-25-50(55)51-35-34-44(38-56(51)62)61(60-47-22-7-5-19-42(47)37-58-59(60)52-26-12-15-29-57(52)63-58)43-32-30-40(31-33-43)53-36-41-18-4-6-20-45(41)48-23-8-9-24-49(48)53/h1-38H. The molecule has 0 aliphatic rings. The molecule has 13 rings (SSSR count). The lowest BCUT2D eigenvalue weighted by Gasteiger charge is -2.28. The molecule has 13 aromatic rings. The first-order valence-electron chi connectivity index (χ1n) is 21.6. The van der Waals surface area contributed by atoms with E-state index in [9.17, 15) is 0 Å². The highest BCUT2D eigenvalue weighted by molar-refractivity contribution is 6.22. The number of nitrogens with zero attached hydrogens (tertiary/aromatic N) is 2. The van der Waals surface area contributed by atoms with E-state index in [0.717, 1.165) is 61.0 Å². The number of aromatic nitrogens is 1. The highest BCUT2D eigenvalue weighted by Gasteiger charge is 2.25. The van der Waals surface area contributed by atoms with Crippen LogP contribution >= 0.6 is 0 Å². The van der Waals surface area contributed by atoms with E-state index in [2.05, 4.69) is 240 Å². The van der Waals surface area contributed by atoms with E-state index in [0.29, 0.717) is 0 Å². The highest BCUT2D eigenvalue weighted by Crippen LogP contribution is 2.49. The van der Waals surface area contributed by atoms with E-state index in [4.69, 9.17) is 4.42 Å². The summed E-state index contributed by atoms with van der Waals surface area (Å²) in [5.41, 5.74) is 13.1. The van der Waals surface area contributed by atoms with Crippen molar-refractivity contribution in [2.24, 2.45) is 0 Å². The van der Waals surface area contributed by atoms with Crippen LogP contribution in [0.4, 0.5) is 17.1 Å². The topological polar surface area (TPSA) is 21.3 Å². The second-order valence-electron chi connectivity index (χ2n) is 16.4. The molecule has 0 N–H and O–H groups in total. The van der Waals surface area contributed by atoms with Crippen molar-refractivity contribution in [1.82, 2.24) is 4.57 Å². The number of hydrogen-bond acceptors (Lipinski definition) is 2. The Balaban J connectivity index is 1.10. The third kappa shape index (κ3) is 5.53. The molecule has 0 saturated heterocycles. The van der Waals surface area contributed by atoms with Crippen LogP contribution < -0.4 is 4.90 Å². The minimum atomic E-state index is 0.862. The normalized spacial score (nSPS) is 11.8. The van der Waals surface area contributed by atoms with Crippen LogP contribution in [0.2, 0.25) is 0 Å². The van der Waals surface area contributed by atoms with Gasteiger partial charge in [0, 0.05) is 38.5 Å². The van der Waals surface area contributed by atoms with Gasteiger partial charge in [0.1, 0.15) is 11.2 Å². The molecular formula is C60H38N2O. The largest absolute Gasteiger partial charge is 0.456 e. The second-order valence-corrected chi connectivity index (χ2v) is 16.4. The molecule has 2 heterocycles. The van der Waals surface area contributed by atoms with Crippen molar-refractivity contribution in [2.45, 2.75) is 0 Å². The fraction of sp³-hybridized carbons (Fsp3) is 0. The maximum absolute atomic E-state index is 6.69. The molecule has 0 spiro atoms. The second kappa shape index (κ2) is 14.1. The molecule has 3 heteroatoms. The third-order valence-electron chi connectivity index (χ3n) is 12.9. The molecule has 63 heavy (non-hydrogen) atoms. The van der Waals surface area contributed by atoms with Crippen molar-refractivity contribution in [1.29, 1.82) is 0 Å². The van der Waals surface area contributed by atoms with Gasteiger partial charge < -0.3 is 13.9 Å². The van der Waals surface area contributed by atoms with Gasteiger partial charge in [-0.15, -0.1) is 0 Å². The number of benzene rings is 11. The molecule has 0 aliphatic heterocycles. The maximum atomic E-state index is 6.69. The van der Waals surface area contributed by atoms with Crippen LogP contribution in [0.1, 0.15) is 0 Å². The molecule has 3 nitrogen and oxygen atoms in total. The number of hydrogen-bond donors (Lipinski definition) is 0. The molecule has 0 atom stereocenters. The predicted octanol–water partition coefficient (Wildman–Crippen LogP) is 16.9. The van der Waals surface area contributed by atoms with Crippen molar-refractivity contribution in [3.05, 3.63) is 231 Å². The summed E-state index contributed by atoms with van der Waals surface area (Å²) in [4.78, 5) is 2.46. The van der Waals surface area contributed by atoms with Gasteiger partial charge >= 0.3 is 0 Å². The van der Waals surface area contributed by atoms with Crippen LogP contribution in [-0.2, 0) is 0 Å². The molecule has 0 unspecified atom stereocenters. The molecule has 0 fully saturated rings. The molecule has 0 aliphatic carbocycles. The van der Waals surface area contributed by atoms with Gasteiger partial charge in [-0.05, 0) is 98.2 Å². The van der Waals surface area contributed by atoms with Crippen LogP contribution in [-0.4, -0.2) is 4.57 Å². The predicted molar refractivity (Wildman–Crippen MR) is 266 cm³/mol. The van der Waals surface area contributed by atoms with Gasteiger partial charge in [0.15, 0.2) is 0 Å². The molecule has 11 aromatic carbocycles. The molecule has 0 radical (unpaired) electrons. The van der Waals surface area contributed by atoms with Gasteiger partial charge in [-0.3, -0.25) is 0 Å². The summed E-state index contributed by atoms with van der Waals surface area (Å²) in [6.45, 7) is 0. The molecule has 2 aromatic heterocycles. The Bertz CT molecular complexity index is 3910. The summed E-state index contributed by atoms with van der Waals surface area (Å²) in [6, 6.07) is 83.6. The first-order chi connectivity index (χ1) is 31.3. The van der Waals surface area contributed by atoms with Crippen LogP contribution in [0.5, 0.6) is 0 Å². The minimum Gasteiger partial charge on any atom is -0.456 e. The first-order valence-corrected chi connectivity index (χ1v) is 21.6. The SMILES string of the molecule is c1ccc(-c2ccccc2-n2c3ccccc3c3ccc(N(c4ccc(-c5cc6ccccc6c6ccccc56)cc4)c4c5ccccc5cc5oc6ccccc6c45)cc32)cc1. The van der Waals surface area contributed by atoms with E-state index in [1.165, 1.54) is 60.1 Å². The molecule has 294 valence electrons. The smallest absolute Gasteiger partial charge is 0.138 e. The van der Waals surface area contributed by atoms with Gasteiger partial charge in [0.25, 0.3) is 0 Å². The lowest BCUT2D eigenvalue weighted by atomic mass is 9.93. The molecular weight excluding hydrogens is 765 g/mol. The highest BCUT2D eigenvalue weighted by atomic mass is 16.3. The van der Waals surface area contributed by atoms with Gasteiger partial charge in [-0.25, -0.2) is 0 Å². The van der Waals surface area contributed by atoms with E-state index in [1.54, 1.807) is 0 Å². The van der Waals surface area contributed by atoms with Gasteiger partial charge in [0.2, 0.25) is 0 Å². The Morgan fingerprint density at radius 3 is 1.75 bits per heavy atom. The Kier molecular flexibility index (Phi) is 7.91. The van der Waals surface area contributed by atoms with E-state index >= 15 is 0 Å². The Labute approximate surface area is 363 Å². The summed E-state index contributed by atoms with van der Waals surface area (Å²) in [5, 5.41) is 11.9. The number of furan rings is 1. The summed E-state index contributed by atoms with van der Waals surface area (Å²) >= 11 is 0. The first kappa shape index (κ1) is 35.4. The zero-order valence-electron chi connectivity index (χ0n) is 34.2. The van der Waals surface area contributed by atoms with E-state index < -0.39 is 0 Å². The van der Waals surface area contributed by atoms with Crippen molar-refractivity contribution < 1.29 is 4.42 Å². The van der Waals surface area contributed by atoms with Gasteiger partial charge in [0.05, 0.1) is 27.8 Å². The third-order valence-corrected chi connectivity index (χ3v) is 12.9. The Morgan fingerprint density at radius 1 is 0.333 bits per heavy atom. The molecule has 0 amide bonds. The number of fused-ring (bicyclic) bond motifs is 10. The monoisotopic (exact) mass is 802 g/mol. The maximum Gasteiger partial charge on any atom is 0.138 e. The van der Waals surface area contributed by atoms with E-state index in [-0.39, 0.29) is 0 Å². The zero-order valence-corrected chi connectivity index (χ0v) is 34.2. The summed E-state index contributed by atoms with van der Waals surface area (Å²) in [5.74, 6) is 0. The fourth-order valence-electron chi connectivity index (χ4n) is 10.1. The average molecular weight is 803 g/mol. The van der Waals surface area contributed by atoms with Crippen molar-refractivity contribution >= 4 is 93.1 Å². The Hall–Kier alpha value is -8.40. The van der Waals surface area contributed by atoms with Crippen LogP contribution in [0, 0.1) is 0 Å². The van der Waals surface area contributed by atoms with Crippen molar-refractivity contribution in [3.8, 4) is 27.9 Å². The average Bonchev–Trinajstić information content (AvgIpc) is 3.89. The number of para-hydroxylation sites is 3. The molecule has 0 bridgehead atoms. The number of rotatable bonds is 6. The number of anilines is 3. The summed E-state index contributed by atoms with van der Waals surface area (Å²) < 4.78 is 9.14. The van der Waals surface area contributed by atoms with Crippen LogP contribution in [0.3, 0.4) is 0 Å². The van der Waals surface area contributed by atoms with Gasteiger partial charge in [-0.1, -0.05) is 176 Å². The van der Waals surface area contributed by atoms with Crippen molar-refractivity contribution in [2.75, 3.05) is 4.90 Å². The van der Waals surface area contributed by atoms with E-state index in [1.807, 2.05) is 0 Å². The zero-order chi connectivity index (χ0) is 41.4.